The molecule has 0 aliphatic heterocycles. The van der Waals surface area contributed by atoms with Crippen molar-refractivity contribution in [1.29, 1.82) is 0 Å². The van der Waals surface area contributed by atoms with E-state index in [9.17, 15) is 9.59 Å². The molecule has 0 heterocycles. The van der Waals surface area contributed by atoms with Gasteiger partial charge in [-0.2, -0.15) is 0 Å². The molecule has 116 valence electrons. The Morgan fingerprint density at radius 1 is 1.25 bits per heavy atom. The van der Waals surface area contributed by atoms with Crippen LogP contribution in [0.15, 0.2) is 11.6 Å². The van der Waals surface area contributed by atoms with Gasteiger partial charge in [-0.1, -0.05) is 53.4 Å². The quantitative estimate of drug-likeness (QED) is 0.455. The van der Waals surface area contributed by atoms with Crippen molar-refractivity contribution in [3.05, 3.63) is 11.6 Å². The minimum absolute atomic E-state index is 0.287. The molecular weight excluding hydrogens is 327 g/mol. The lowest BCUT2D eigenvalue weighted by Gasteiger charge is -2.12. The lowest BCUT2D eigenvalue weighted by atomic mass is 10.0. The molecule has 0 aliphatic rings. The Labute approximate surface area is 133 Å². The first-order valence-corrected chi connectivity index (χ1v) is 7.17. The molecule has 2 N–H and O–H groups in total. The number of halogens is 3. The lowest BCUT2D eigenvalue weighted by molar-refractivity contribution is -0.122. The van der Waals surface area contributed by atoms with E-state index in [-0.39, 0.29) is 12.3 Å². The van der Waals surface area contributed by atoms with Crippen molar-refractivity contribution in [1.82, 2.24) is 10.9 Å². The maximum Gasteiger partial charge on any atom is 0.426 e. The van der Waals surface area contributed by atoms with Gasteiger partial charge in [0.05, 0.1) is 0 Å². The summed E-state index contributed by atoms with van der Waals surface area (Å²) in [5, 5.41) is 0. The molecule has 0 saturated heterocycles. The summed E-state index contributed by atoms with van der Waals surface area (Å²) in [6.45, 7) is 5.61. The molecule has 0 radical (unpaired) electrons. The Morgan fingerprint density at radius 2 is 1.85 bits per heavy atom. The molecule has 0 unspecified atom stereocenters. The summed E-state index contributed by atoms with van der Waals surface area (Å²) in [6, 6.07) is 0. The number of rotatable bonds is 5. The number of hydrogen-bond donors (Lipinski definition) is 2. The minimum atomic E-state index is -1.68. The molecule has 0 rings (SSSR count). The maximum atomic E-state index is 11.5. The molecule has 8 heteroatoms. The van der Waals surface area contributed by atoms with E-state index in [1.807, 2.05) is 20.8 Å². The smallest absolute Gasteiger partial charge is 0.426 e. The first kappa shape index (κ1) is 19.4. The molecule has 0 aromatic carbocycles. The molecule has 0 saturated carbocycles. The van der Waals surface area contributed by atoms with E-state index >= 15 is 0 Å². The van der Waals surface area contributed by atoms with Gasteiger partial charge in [-0.25, -0.2) is 10.2 Å². The Balaban J connectivity index is 3.83. The summed E-state index contributed by atoms with van der Waals surface area (Å²) in [5.41, 5.74) is 5.48. The van der Waals surface area contributed by atoms with Crippen molar-refractivity contribution in [3.8, 4) is 0 Å². The van der Waals surface area contributed by atoms with Crippen molar-refractivity contribution in [3.63, 3.8) is 0 Å². The number of nitrogens with one attached hydrogen (secondary N) is 2. The topological polar surface area (TPSA) is 67.4 Å². The average molecular weight is 346 g/mol. The zero-order valence-corrected chi connectivity index (χ0v) is 13.9. The van der Waals surface area contributed by atoms with E-state index in [4.69, 9.17) is 34.8 Å². The highest BCUT2D eigenvalue weighted by Crippen LogP contribution is 2.25. The highest BCUT2D eigenvalue weighted by molar-refractivity contribution is 6.67. The number of alkyl halides is 3. The van der Waals surface area contributed by atoms with Crippen LogP contribution in [0, 0.1) is 5.92 Å². The first-order chi connectivity index (χ1) is 9.10. The largest absolute Gasteiger partial charge is 0.444 e. The number of hydrazine groups is 1. The number of amides is 2. The fourth-order valence-corrected chi connectivity index (χ4v) is 1.54. The van der Waals surface area contributed by atoms with E-state index in [1.165, 1.54) is 5.57 Å². The number of hydrogen-bond acceptors (Lipinski definition) is 3. The molecule has 0 fully saturated rings. The van der Waals surface area contributed by atoms with E-state index < -0.39 is 16.5 Å². The van der Waals surface area contributed by atoms with Crippen molar-refractivity contribution in [2.45, 2.75) is 37.4 Å². The molecule has 0 aromatic heterocycles. The van der Waals surface area contributed by atoms with Crippen molar-refractivity contribution in [2.24, 2.45) is 5.92 Å². The SMILES string of the molecule is CC(C)=C[C@H](C)CCC(=O)NNC(=O)OCC(Cl)(Cl)Cl. The van der Waals surface area contributed by atoms with Gasteiger partial charge < -0.3 is 4.74 Å². The van der Waals surface area contributed by atoms with Gasteiger partial charge in [0, 0.05) is 6.42 Å². The van der Waals surface area contributed by atoms with E-state index in [2.05, 4.69) is 21.7 Å². The fourth-order valence-electron chi connectivity index (χ4n) is 1.38. The van der Waals surface area contributed by atoms with Gasteiger partial charge in [0.25, 0.3) is 0 Å². The molecule has 1 atom stereocenters. The molecule has 0 bridgehead atoms. The predicted molar refractivity (Wildman–Crippen MR) is 80.7 cm³/mol. The molecular formula is C12H19Cl3N2O3. The van der Waals surface area contributed by atoms with Crippen LogP contribution in [0.2, 0.25) is 0 Å². The average Bonchev–Trinajstić information content (AvgIpc) is 2.29. The molecule has 0 spiro atoms. The standard InChI is InChI=1S/C12H19Cl3N2O3/c1-8(2)6-9(3)4-5-10(18)16-17-11(19)20-7-12(13,14)15/h6,9H,4-5,7H2,1-3H3,(H,16,18)(H,17,19)/t9-/m1/s1. The predicted octanol–water partition coefficient (Wildman–Crippen LogP) is 3.50. The van der Waals surface area contributed by atoms with Gasteiger partial charge in [-0.15, -0.1) is 0 Å². The van der Waals surface area contributed by atoms with E-state index in [1.54, 1.807) is 0 Å². The van der Waals surface area contributed by atoms with Gasteiger partial charge >= 0.3 is 6.09 Å². The van der Waals surface area contributed by atoms with Crippen molar-refractivity contribution < 1.29 is 14.3 Å². The van der Waals surface area contributed by atoms with Crippen LogP contribution in [0.1, 0.15) is 33.6 Å². The van der Waals surface area contributed by atoms with Crippen LogP contribution >= 0.6 is 34.8 Å². The lowest BCUT2D eigenvalue weighted by Crippen LogP contribution is -2.42. The maximum absolute atomic E-state index is 11.5. The summed E-state index contributed by atoms with van der Waals surface area (Å²) < 4.78 is 2.89. The highest BCUT2D eigenvalue weighted by Gasteiger charge is 2.22. The van der Waals surface area contributed by atoms with Gasteiger partial charge in [0.1, 0.15) is 6.61 Å². The number of carbonyl (C=O) groups is 2. The van der Waals surface area contributed by atoms with Crippen LogP contribution in [-0.2, 0) is 9.53 Å². The number of carbonyl (C=O) groups excluding carboxylic acids is 2. The van der Waals surface area contributed by atoms with Crippen molar-refractivity contribution in [2.75, 3.05) is 6.61 Å². The van der Waals surface area contributed by atoms with Crippen LogP contribution in [-0.4, -0.2) is 22.4 Å². The summed E-state index contributed by atoms with van der Waals surface area (Å²) in [4.78, 5) is 22.6. The Kier molecular flexibility index (Phi) is 9.01. The monoisotopic (exact) mass is 344 g/mol. The zero-order valence-electron chi connectivity index (χ0n) is 11.6. The van der Waals surface area contributed by atoms with E-state index in [0.717, 1.165) is 0 Å². The second-order valence-electron chi connectivity index (χ2n) is 4.62. The minimum Gasteiger partial charge on any atom is -0.444 e. The first-order valence-electron chi connectivity index (χ1n) is 6.03. The van der Waals surface area contributed by atoms with Gasteiger partial charge in [0.2, 0.25) is 9.70 Å². The Hall–Kier alpha value is -0.650. The molecule has 2 amide bonds. The van der Waals surface area contributed by atoms with Crippen LogP contribution in [0.4, 0.5) is 4.79 Å². The fraction of sp³-hybridized carbons (Fsp3) is 0.667. The Morgan fingerprint density at radius 3 is 2.35 bits per heavy atom. The van der Waals surface area contributed by atoms with Crippen LogP contribution in [0.3, 0.4) is 0 Å². The van der Waals surface area contributed by atoms with E-state index in [0.29, 0.717) is 12.3 Å². The van der Waals surface area contributed by atoms with Crippen LogP contribution in [0.25, 0.3) is 0 Å². The third-order valence-corrected chi connectivity index (χ3v) is 2.44. The second kappa shape index (κ2) is 9.32. The van der Waals surface area contributed by atoms with Gasteiger partial charge in [-0.3, -0.25) is 10.2 Å². The molecule has 20 heavy (non-hydrogen) atoms. The molecule has 5 nitrogen and oxygen atoms in total. The number of ether oxygens (including phenoxy) is 1. The summed E-state index contributed by atoms with van der Waals surface area (Å²) in [7, 11) is 0. The normalized spacial score (nSPS) is 12.3. The summed E-state index contributed by atoms with van der Waals surface area (Å²) in [6.07, 6.45) is 2.16. The Bertz CT molecular complexity index is 363. The summed E-state index contributed by atoms with van der Waals surface area (Å²) in [5.74, 6) is -0.0214. The zero-order chi connectivity index (χ0) is 15.8. The number of allylic oxidation sites excluding steroid dienone is 2. The van der Waals surface area contributed by atoms with Gasteiger partial charge in [-0.05, 0) is 26.2 Å². The highest BCUT2D eigenvalue weighted by atomic mass is 35.6. The third-order valence-electron chi connectivity index (χ3n) is 2.12. The third kappa shape index (κ3) is 12.4. The van der Waals surface area contributed by atoms with Crippen molar-refractivity contribution >= 4 is 46.8 Å². The molecule has 0 aromatic rings. The summed E-state index contributed by atoms with van der Waals surface area (Å²) >= 11 is 16.2. The molecule has 0 aliphatic carbocycles. The van der Waals surface area contributed by atoms with Gasteiger partial charge in [0.15, 0.2) is 0 Å². The van der Waals surface area contributed by atoms with Crippen LogP contribution in [0.5, 0.6) is 0 Å². The second-order valence-corrected chi connectivity index (χ2v) is 7.14. The van der Waals surface area contributed by atoms with Crippen LogP contribution < -0.4 is 10.9 Å².